The summed E-state index contributed by atoms with van der Waals surface area (Å²) in [5.41, 5.74) is 3.87. The van der Waals surface area contributed by atoms with Gasteiger partial charge in [-0.05, 0) is 58.2 Å². The lowest BCUT2D eigenvalue weighted by atomic mass is 10.1. The van der Waals surface area contributed by atoms with Crippen molar-refractivity contribution in [3.63, 3.8) is 0 Å². The molecule has 0 aliphatic carbocycles. The number of piperidine rings is 1. The fraction of sp³-hybridized carbons (Fsp3) is 0.440. The minimum Gasteiger partial charge on any atom is -0.459 e. The Morgan fingerprint density at radius 2 is 1.87 bits per heavy atom. The number of ether oxygens (including phenoxy) is 2. The molecule has 31 heavy (non-hydrogen) atoms. The Kier molecular flexibility index (Phi) is 5.90. The van der Waals surface area contributed by atoms with Crippen molar-refractivity contribution >= 4 is 17.1 Å². The van der Waals surface area contributed by atoms with Gasteiger partial charge in [0.25, 0.3) is 6.01 Å². The molecule has 0 radical (unpaired) electrons. The molecule has 6 heteroatoms. The first-order chi connectivity index (χ1) is 14.8. The van der Waals surface area contributed by atoms with Gasteiger partial charge in [0.1, 0.15) is 11.7 Å². The third-order valence-corrected chi connectivity index (χ3v) is 5.38. The highest BCUT2D eigenvalue weighted by Crippen LogP contribution is 2.26. The average Bonchev–Trinajstić information content (AvgIpc) is 3.06. The van der Waals surface area contributed by atoms with Gasteiger partial charge in [-0.25, -0.2) is 4.79 Å². The summed E-state index contributed by atoms with van der Waals surface area (Å²) in [6.07, 6.45) is 1.36. The zero-order valence-corrected chi connectivity index (χ0v) is 18.8. The second-order valence-electron chi connectivity index (χ2n) is 9.26. The highest BCUT2D eigenvalue weighted by molar-refractivity contribution is 5.76. The number of hydrogen-bond donors (Lipinski definition) is 0. The fourth-order valence-corrected chi connectivity index (χ4v) is 3.85. The van der Waals surface area contributed by atoms with Crippen LogP contribution in [0.3, 0.4) is 0 Å². The molecule has 1 aliphatic heterocycles. The van der Waals surface area contributed by atoms with Crippen LogP contribution in [-0.4, -0.2) is 45.3 Å². The van der Waals surface area contributed by atoms with Crippen molar-refractivity contribution in [2.75, 3.05) is 13.1 Å². The molecule has 1 atom stereocenters. The number of aryl methyl sites for hydroxylation is 1. The zero-order chi connectivity index (χ0) is 22.0. The van der Waals surface area contributed by atoms with E-state index in [9.17, 15) is 4.79 Å². The molecular weight excluding hydrogens is 390 g/mol. The lowest BCUT2D eigenvalue weighted by molar-refractivity contribution is 0.00626. The molecule has 0 unspecified atom stereocenters. The van der Waals surface area contributed by atoms with Gasteiger partial charge in [-0.15, -0.1) is 0 Å². The number of carbonyl (C=O) groups excluding carboxylic acids is 1. The van der Waals surface area contributed by atoms with Crippen LogP contribution < -0.4 is 4.74 Å². The normalized spacial score (nSPS) is 17.0. The second-order valence-corrected chi connectivity index (χ2v) is 9.26. The topological polar surface area (TPSA) is 56.6 Å². The molecule has 0 bridgehead atoms. The summed E-state index contributed by atoms with van der Waals surface area (Å²) in [5.74, 6) is 0. The fourth-order valence-electron chi connectivity index (χ4n) is 3.85. The molecule has 1 aliphatic rings. The summed E-state index contributed by atoms with van der Waals surface area (Å²) in [5, 5.41) is 0. The predicted octanol–water partition coefficient (Wildman–Crippen LogP) is 5.17. The van der Waals surface area contributed by atoms with Gasteiger partial charge in [-0.1, -0.05) is 42.0 Å². The van der Waals surface area contributed by atoms with Crippen molar-refractivity contribution < 1.29 is 14.3 Å². The predicted molar refractivity (Wildman–Crippen MR) is 121 cm³/mol. The number of aromatic nitrogens is 2. The van der Waals surface area contributed by atoms with Crippen molar-refractivity contribution in [2.45, 2.75) is 58.8 Å². The molecule has 1 fully saturated rings. The quantitative estimate of drug-likeness (QED) is 0.583. The van der Waals surface area contributed by atoms with E-state index in [1.165, 1.54) is 11.1 Å². The lowest BCUT2D eigenvalue weighted by Gasteiger charge is -2.34. The Bertz CT molecular complexity index is 1050. The first kappa shape index (κ1) is 21.2. The van der Waals surface area contributed by atoms with Crippen LogP contribution in [0, 0.1) is 6.92 Å². The molecule has 4 rings (SSSR count). The highest BCUT2D eigenvalue weighted by Gasteiger charge is 2.29. The van der Waals surface area contributed by atoms with Gasteiger partial charge in [-0.3, -0.25) is 4.57 Å². The number of carbonyl (C=O) groups is 1. The van der Waals surface area contributed by atoms with Crippen LogP contribution >= 0.6 is 0 Å². The third kappa shape index (κ3) is 5.19. The van der Waals surface area contributed by atoms with Crippen molar-refractivity contribution in [2.24, 2.45) is 0 Å². The van der Waals surface area contributed by atoms with Gasteiger partial charge in [0, 0.05) is 6.54 Å². The molecule has 1 amide bonds. The minimum atomic E-state index is -0.507. The monoisotopic (exact) mass is 421 g/mol. The summed E-state index contributed by atoms with van der Waals surface area (Å²) >= 11 is 0. The van der Waals surface area contributed by atoms with E-state index in [1.807, 2.05) is 39.0 Å². The minimum absolute atomic E-state index is 0.116. The van der Waals surface area contributed by atoms with E-state index in [-0.39, 0.29) is 12.2 Å². The molecule has 0 saturated carbocycles. The van der Waals surface area contributed by atoms with E-state index in [0.29, 0.717) is 25.6 Å². The Labute approximate surface area is 183 Å². The molecule has 0 spiro atoms. The van der Waals surface area contributed by atoms with E-state index in [1.54, 1.807) is 4.90 Å². The van der Waals surface area contributed by atoms with Gasteiger partial charge in [0.15, 0.2) is 0 Å². The van der Waals surface area contributed by atoms with Gasteiger partial charge >= 0.3 is 6.09 Å². The van der Waals surface area contributed by atoms with Crippen molar-refractivity contribution in [3.8, 4) is 6.01 Å². The van der Waals surface area contributed by atoms with Gasteiger partial charge < -0.3 is 14.4 Å². The number of likely N-dealkylation sites (tertiary alicyclic amines) is 1. The maximum absolute atomic E-state index is 12.5. The van der Waals surface area contributed by atoms with Crippen LogP contribution in [0.25, 0.3) is 11.0 Å². The van der Waals surface area contributed by atoms with Crippen LogP contribution in [0.4, 0.5) is 4.79 Å². The second kappa shape index (κ2) is 8.61. The Hall–Kier alpha value is -3.02. The Morgan fingerprint density at radius 1 is 1.13 bits per heavy atom. The highest BCUT2D eigenvalue weighted by atomic mass is 16.6. The number of benzene rings is 2. The molecule has 6 nitrogen and oxygen atoms in total. The molecule has 1 saturated heterocycles. The van der Waals surface area contributed by atoms with Crippen molar-refractivity contribution in [1.82, 2.24) is 14.5 Å². The van der Waals surface area contributed by atoms with Crippen molar-refractivity contribution in [1.29, 1.82) is 0 Å². The summed E-state index contributed by atoms with van der Waals surface area (Å²) in [6, 6.07) is 17.2. The maximum atomic E-state index is 12.5. The summed E-state index contributed by atoms with van der Waals surface area (Å²) in [6.45, 7) is 9.61. The largest absolute Gasteiger partial charge is 0.459 e. The molecule has 2 aromatic carbocycles. The van der Waals surface area contributed by atoms with Crippen molar-refractivity contribution in [3.05, 3.63) is 59.7 Å². The van der Waals surface area contributed by atoms with E-state index in [0.717, 1.165) is 23.9 Å². The summed E-state index contributed by atoms with van der Waals surface area (Å²) < 4.78 is 14.0. The molecule has 164 valence electrons. The number of fused-ring (bicyclic) bond motifs is 1. The third-order valence-electron chi connectivity index (χ3n) is 5.38. The maximum Gasteiger partial charge on any atom is 0.410 e. The molecule has 2 heterocycles. The smallest absolute Gasteiger partial charge is 0.410 e. The van der Waals surface area contributed by atoms with Crippen LogP contribution in [0.2, 0.25) is 0 Å². The van der Waals surface area contributed by atoms with Crippen LogP contribution in [0.15, 0.2) is 48.5 Å². The van der Waals surface area contributed by atoms with E-state index < -0.39 is 5.60 Å². The molecule has 3 aromatic rings. The number of nitrogens with zero attached hydrogens (tertiary/aromatic N) is 3. The summed E-state index contributed by atoms with van der Waals surface area (Å²) in [4.78, 5) is 19.0. The van der Waals surface area contributed by atoms with E-state index >= 15 is 0 Å². The first-order valence-corrected chi connectivity index (χ1v) is 10.9. The van der Waals surface area contributed by atoms with Crippen LogP contribution in [-0.2, 0) is 11.3 Å². The SMILES string of the molecule is Cc1ccc(Cn2c(O[C@H]3CCCN(C(=O)OC(C)(C)C)C3)nc3ccccc32)cc1. The van der Waals surface area contributed by atoms with Gasteiger partial charge in [0.2, 0.25) is 0 Å². The van der Waals surface area contributed by atoms with Gasteiger partial charge in [0.05, 0.1) is 24.1 Å². The summed E-state index contributed by atoms with van der Waals surface area (Å²) in [7, 11) is 0. The average molecular weight is 422 g/mol. The van der Waals surface area contributed by atoms with Gasteiger partial charge in [-0.2, -0.15) is 4.98 Å². The standard InChI is InChI=1S/C25H31N3O3/c1-18-11-13-19(14-12-18)16-28-22-10-6-5-9-21(22)26-23(28)30-20-8-7-15-27(17-20)24(29)31-25(2,3)4/h5-6,9-14,20H,7-8,15-17H2,1-4H3/t20-/m0/s1. The number of imidazole rings is 1. The Balaban J connectivity index is 1.55. The molecular formula is C25H31N3O3. The number of hydrogen-bond acceptors (Lipinski definition) is 4. The lowest BCUT2D eigenvalue weighted by Crippen LogP contribution is -2.46. The first-order valence-electron chi connectivity index (χ1n) is 10.9. The number of rotatable bonds is 4. The van der Waals surface area contributed by atoms with E-state index in [4.69, 9.17) is 14.5 Å². The molecule has 1 aromatic heterocycles. The van der Waals surface area contributed by atoms with Crippen LogP contribution in [0.5, 0.6) is 6.01 Å². The molecule has 0 N–H and O–H groups in total. The number of amides is 1. The zero-order valence-electron chi connectivity index (χ0n) is 18.8. The van der Waals surface area contributed by atoms with Crippen LogP contribution in [0.1, 0.15) is 44.7 Å². The Morgan fingerprint density at radius 3 is 2.61 bits per heavy atom. The number of para-hydroxylation sites is 2. The van der Waals surface area contributed by atoms with E-state index in [2.05, 4.69) is 41.8 Å².